The van der Waals surface area contributed by atoms with Crippen molar-refractivity contribution in [1.29, 1.82) is 0 Å². The summed E-state index contributed by atoms with van der Waals surface area (Å²) in [7, 11) is 0. The van der Waals surface area contributed by atoms with Gasteiger partial charge in [-0.05, 0) is 37.3 Å². The molecule has 1 heterocycles. The molecule has 0 radical (unpaired) electrons. The van der Waals surface area contributed by atoms with E-state index in [4.69, 9.17) is 5.11 Å². The first-order chi connectivity index (χ1) is 11.0. The number of hydrogen-bond acceptors (Lipinski definition) is 3. The fourth-order valence-electron chi connectivity index (χ4n) is 2.70. The fourth-order valence-corrected chi connectivity index (χ4v) is 2.70. The number of nitrogens with one attached hydrogen (secondary N) is 1. The largest absolute Gasteiger partial charge is 0.394 e. The van der Waals surface area contributed by atoms with Crippen LogP contribution in [0.1, 0.15) is 49.1 Å². The topological polar surface area (TPSA) is 50.1 Å². The van der Waals surface area contributed by atoms with Gasteiger partial charge in [0.15, 0.2) is 0 Å². The first-order valence-corrected chi connectivity index (χ1v) is 8.45. The molecule has 0 aliphatic rings. The second-order valence-corrected chi connectivity index (χ2v) is 6.61. The second-order valence-electron chi connectivity index (χ2n) is 6.61. The Labute approximate surface area is 139 Å². The third kappa shape index (κ3) is 5.19. The summed E-state index contributed by atoms with van der Waals surface area (Å²) in [6.07, 6.45) is 3.03. The van der Waals surface area contributed by atoms with Crippen LogP contribution in [0.25, 0.3) is 0 Å². The quantitative estimate of drug-likeness (QED) is 0.787. The fraction of sp³-hybridized carbons (Fsp3) is 0.526. The van der Waals surface area contributed by atoms with Gasteiger partial charge in [-0.1, -0.05) is 38.1 Å². The molecule has 0 aliphatic carbocycles. The number of aryl methyl sites for hydroxylation is 1. The van der Waals surface area contributed by atoms with E-state index >= 15 is 0 Å². The Morgan fingerprint density at radius 1 is 1.17 bits per heavy atom. The second kappa shape index (κ2) is 8.27. The average molecular weight is 315 g/mol. The molecule has 2 rings (SSSR count). The molecule has 1 unspecified atom stereocenters. The van der Waals surface area contributed by atoms with Gasteiger partial charge in [0.1, 0.15) is 0 Å². The van der Waals surface area contributed by atoms with Gasteiger partial charge in [0, 0.05) is 24.3 Å². The minimum atomic E-state index is 0.122. The zero-order chi connectivity index (χ0) is 16.8. The summed E-state index contributed by atoms with van der Waals surface area (Å²) < 4.78 is 1.81. The van der Waals surface area contributed by atoms with Gasteiger partial charge in [0.2, 0.25) is 0 Å². The molecule has 2 aromatic rings. The highest BCUT2D eigenvalue weighted by Crippen LogP contribution is 2.15. The van der Waals surface area contributed by atoms with Gasteiger partial charge >= 0.3 is 0 Å². The summed E-state index contributed by atoms with van der Waals surface area (Å²) in [5, 5.41) is 16.9. The lowest BCUT2D eigenvalue weighted by Gasteiger charge is -2.14. The van der Waals surface area contributed by atoms with Crippen LogP contribution in [0.4, 0.5) is 0 Å². The lowest BCUT2D eigenvalue weighted by Crippen LogP contribution is -2.27. The van der Waals surface area contributed by atoms with Crippen LogP contribution in [0.2, 0.25) is 0 Å². The van der Waals surface area contributed by atoms with Crippen molar-refractivity contribution in [3.8, 4) is 0 Å². The van der Waals surface area contributed by atoms with E-state index < -0.39 is 0 Å². The lowest BCUT2D eigenvalue weighted by atomic mass is 9.99. The van der Waals surface area contributed by atoms with Gasteiger partial charge in [-0.25, -0.2) is 0 Å². The van der Waals surface area contributed by atoms with Crippen LogP contribution in [0.15, 0.2) is 30.5 Å². The molecule has 23 heavy (non-hydrogen) atoms. The molecule has 0 saturated carbocycles. The van der Waals surface area contributed by atoms with Crippen LogP contribution in [0.3, 0.4) is 0 Å². The van der Waals surface area contributed by atoms with Gasteiger partial charge in [-0.15, -0.1) is 0 Å². The first kappa shape index (κ1) is 17.7. The Kier molecular flexibility index (Phi) is 6.37. The van der Waals surface area contributed by atoms with Crippen LogP contribution in [-0.2, 0) is 19.5 Å². The molecule has 4 heteroatoms. The summed E-state index contributed by atoms with van der Waals surface area (Å²) in [6.45, 7) is 10.2. The van der Waals surface area contributed by atoms with E-state index in [1.807, 2.05) is 17.8 Å². The molecule has 1 aromatic heterocycles. The number of rotatable bonds is 8. The molecule has 0 bridgehead atoms. The predicted molar refractivity (Wildman–Crippen MR) is 94.6 cm³/mol. The van der Waals surface area contributed by atoms with Gasteiger partial charge in [-0.3, -0.25) is 4.68 Å². The summed E-state index contributed by atoms with van der Waals surface area (Å²) in [4.78, 5) is 0. The molecule has 0 saturated heterocycles. The van der Waals surface area contributed by atoms with Crippen molar-refractivity contribution < 1.29 is 5.11 Å². The number of aliphatic hydroxyl groups excluding tert-OH is 1. The van der Waals surface area contributed by atoms with Crippen LogP contribution < -0.4 is 5.32 Å². The third-order valence-electron chi connectivity index (χ3n) is 4.21. The third-order valence-corrected chi connectivity index (χ3v) is 4.21. The standard InChI is InChI=1S/C19H29N3O/c1-14(2)18-7-5-17(6-8-18)11-15(3)20-12-19-13-22(9-10-23)21-16(19)4/h5-8,13-15,20,23H,9-12H2,1-4H3. The van der Waals surface area contributed by atoms with Gasteiger partial charge < -0.3 is 10.4 Å². The Morgan fingerprint density at radius 3 is 2.48 bits per heavy atom. The maximum Gasteiger partial charge on any atom is 0.0641 e. The zero-order valence-electron chi connectivity index (χ0n) is 14.7. The predicted octanol–water partition coefficient (Wildman–Crippen LogP) is 3.03. The zero-order valence-corrected chi connectivity index (χ0v) is 14.7. The number of hydrogen-bond donors (Lipinski definition) is 2. The molecule has 0 aliphatic heterocycles. The van der Waals surface area contributed by atoms with Crippen molar-refractivity contribution in [3.63, 3.8) is 0 Å². The summed E-state index contributed by atoms with van der Waals surface area (Å²) in [5.41, 5.74) is 4.98. The highest BCUT2D eigenvalue weighted by molar-refractivity contribution is 5.25. The van der Waals surface area contributed by atoms with E-state index in [0.29, 0.717) is 18.5 Å². The maximum atomic E-state index is 8.98. The van der Waals surface area contributed by atoms with E-state index in [1.165, 1.54) is 16.7 Å². The highest BCUT2D eigenvalue weighted by Gasteiger charge is 2.08. The lowest BCUT2D eigenvalue weighted by molar-refractivity contribution is 0.269. The van der Waals surface area contributed by atoms with Crippen LogP contribution in [-0.4, -0.2) is 27.5 Å². The van der Waals surface area contributed by atoms with Crippen LogP contribution in [0, 0.1) is 6.92 Å². The molecule has 1 atom stereocenters. The number of aliphatic hydroxyl groups is 1. The van der Waals surface area contributed by atoms with Gasteiger partial charge in [0.05, 0.1) is 18.8 Å². The smallest absolute Gasteiger partial charge is 0.0641 e. The molecule has 1 aromatic carbocycles. The molecular weight excluding hydrogens is 286 g/mol. The van der Waals surface area contributed by atoms with E-state index in [2.05, 4.69) is 55.5 Å². The summed E-state index contributed by atoms with van der Waals surface area (Å²) in [5.74, 6) is 0.582. The van der Waals surface area contributed by atoms with Crippen molar-refractivity contribution in [2.75, 3.05) is 6.61 Å². The Balaban J connectivity index is 1.86. The van der Waals surface area contributed by atoms with E-state index in [1.54, 1.807) is 0 Å². The normalized spacial score (nSPS) is 12.8. The first-order valence-electron chi connectivity index (χ1n) is 8.45. The van der Waals surface area contributed by atoms with E-state index in [9.17, 15) is 0 Å². The van der Waals surface area contributed by atoms with Gasteiger partial charge in [-0.2, -0.15) is 5.10 Å². The van der Waals surface area contributed by atoms with E-state index in [-0.39, 0.29) is 6.61 Å². The molecule has 0 spiro atoms. The molecule has 4 nitrogen and oxygen atoms in total. The van der Waals surface area contributed by atoms with E-state index in [0.717, 1.165) is 18.7 Å². The molecule has 0 fully saturated rings. The van der Waals surface area contributed by atoms with Crippen LogP contribution in [0.5, 0.6) is 0 Å². The van der Waals surface area contributed by atoms with Crippen molar-refractivity contribution in [2.45, 2.75) is 59.2 Å². The van der Waals surface area contributed by atoms with Gasteiger partial charge in [0.25, 0.3) is 0 Å². The highest BCUT2D eigenvalue weighted by atomic mass is 16.3. The monoisotopic (exact) mass is 315 g/mol. The number of benzene rings is 1. The van der Waals surface area contributed by atoms with Crippen molar-refractivity contribution >= 4 is 0 Å². The molecular formula is C19H29N3O. The summed E-state index contributed by atoms with van der Waals surface area (Å²) >= 11 is 0. The minimum absolute atomic E-state index is 0.122. The molecule has 2 N–H and O–H groups in total. The molecule has 126 valence electrons. The summed E-state index contributed by atoms with van der Waals surface area (Å²) in [6, 6.07) is 9.34. The van der Waals surface area contributed by atoms with Crippen LogP contribution >= 0.6 is 0 Å². The Morgan fingerprint density at radius 2 is 1.87 bits per heavy atom. The number of aromatic nitrogens is 2. The Hall–Kier alpha value is -1.65. The SMILES string of the molecule is Cc1nn(CCO)cc1CNC(C)Cc1ccc(C(C)C)cc1. The van der Waals surface area contributed by atoms with Crippen molar-refractivity contribution in [2.24, 2.45) is 0 Å². The minimum Gasteiger partial charge on any atom is -0.394 e. The van der Waals surface area contributed by atoms with Crippen molar-refractivity contribution in [1.82, 2.24) is 15.1 Å². The average Bonchev–Trinajstić information content (AvgIpc) is 2.86. The maximum absolute atomic E-state index is 8.98. The van der Waals surface area contributed by atoms with Crippen molar-refractivity contribution in [3.05, 3.63) is 52.8 Å². The Bertz CT molecular complexity index is 602. The number of nitrogens with zero attached hydrogens (tertiary/aromatic N) is 2. The molecule has 0 amide bonds.